The van der Waals surface area contributed by atoms with Crippen molar-refractivity contribution < 1.29 is 14.8 Å². The zero-order chi connectivity index (χ0) is 18.3. The second-order valence-corrected chi connectivity index (χ2v) is 8.10. The number of nitrogens with one attached hydrogen (secondary N) is 1. The summed E-state index contributed by atoms with van der Waals surface area (Å²) in [5.41, 5.74) is 4.50. The molecule has 3 heterocycles. The summed E-state index contributed by atoms with van der Waals surface area (Å²) in [6.07, 6.45) is 7.08. The molecule has 0 atom stereocenters. The van der Waals surface area contributed by atoms with Crippen molar-refractivity contribution in [2.45, 2.75) is 51.6 Å². The molecule has 7 nitrogen and oxygen atoms in total. The second-order valence-electron chi connectivity index (χ2n) is 8.10. The summed E-state index contributed by atoms with van der Waals surface area (Å²) in [4.78, 5) is 32.2. The van der Waals surface area contributed by atoms with Crippen LogP contribution in [0, 0.1) is 5.41 Å². The molecular weight excluding hydrogens is 332 g/mol. The quantitative estimate of drug-likeness (QED) is 0.616. The second kappa shape index (κ2) is 6.63. The van der Waals surface area contributed by atoms with Crippen molar-refractivity contribution in [3.8, 4) is 0 Å². The highest BCUT2D eigenvalue weighted by Crippen LogP contribution is 2.50. The van der Waals surface area contributed by atoms with Crippen LogP contribution in [0.2, 0.25) is 0 Å². The van der Waals surface area contributed by atoms with Gasteiger partial charge in [-0.15, -0.1) is 0 Å². The third-order valence-electron chi connectivity index (χ3n) is 6.41. The van der Waals surface area contributed by atoms with E-state index in [2.05, 4.69) is 9.88 Å². The molecule has 0 radical (unpaired) electrons. The molecule has 4 rings (SSSR count). The van der Waals surface area contributed by atoms with Crippen molar-refractivity contribution in [2.24, 2.45) is 5.41 Å². The van der Waals surface area contributed by atoms with E-state index in [0.717, 1.165) is 63.1 Å². The Labute approximate surface area is 153 Å². The van der Waals surface area contributed by atoms with Gasteiger partial charge in [0, 0.05) is 45.3 Å². The predicted molar refractivity (Wildman–Crippen MR) is 94.5 cm³/mol. The number of fused-ring (bicyclic) bond motifs is 1. The predicted octanol–water partition coefficient (Wildman–Crippen LogP) is 1.35. The van der Waals surface area contributed by atoms with Crippen LogP contribution in [0.3, 0.4) is 0 Å². The lowest BCUT2D eigenvalue weighted by Gasteiger charge is -2.56. The Kier molecular flexibility index (Phi) is 4.44. The Morgan fingerprint density at radius 2 is 2.15 bits per heavy atom. The van der Waals surface area contributed by atoms with Crippen LogP contribution in [0.5, 0.6) is 0 Å². The van der Waals surface area contributed by atoms with Crippen LogP contribution < -0.4 is 5.48 Å². The summed E-state index contributed by atoms with van der Waals surface area (Å²) in [5.74, 6) is -0.317. The fourth-order valence-corrected chi connectivity index (χ4v) is 4.94. The number of likely N-dealkylation sites (tertiary alicyclic amines) is 1. The molecule has 2 N–H and O–H groups in total. The maximum Gasteiger partial charge on any atom is 0.276 e. The molecule has 1 aromatic rings. The maximum absolute atomic E-state index is 11.7. The average molecular weight is 358 g/mol. The van der Waals surface area contributed by atoms with Gasteiger partial charge in [-0.05, 0) is 49.1 Å². The van der Waals surface area contributed by atoms with Crippen molar-refractivity contribution in [1.82, 2.24) is 20.3 Å². The highest BCUT2D eigenvalue weighted by molar-refractivity contribution is 5.93. The third kappa shape index (κ3) is 3.10. The standard InChI is InChI=1S/C19H26N4O3/c1-13(24)23-5-2-4-19(12-23)8-16(9-19)22-6-3-14-7-15(18(25)21-26)10-20-17(14)11-22/h7,10,16,26H,2-6,8-9,11-12H2,1H3,(H,21,25)/t16-,19-. The molecule has 2 aliphatic heterocycles. The van der Waals surface area contributed by atoms with E-state index in [0.29, 0.717) is 17.0 Å². The van der Waals surface area contributed by atoms with E-state index in [-0.39, 0.29) is 5.91 Å². The van der Waals surface area contributed by atoms with Gasteiger partial charge in [-0.1, -0.05) is 0 Å². The zero-order valence-corrected chi connectivity index (χ0v) is 15.2. The third-order valence-corrected chi connectivity index (χ3v) is 6.41. The van der Waals surface area contributed by atoms with Crippen LogP contribution in [0.1, 0.15) is 54.2 Å². The molecule has 3 aliphatic rings. The molecule has 1 aliphatic carbocycles. The summed E-state index contributed by atoms with van der Waals surface area (Å²) < 4.78 is 0. The first-order valence-corrected chi connectivity index (χ1v) is 9.41. The molecule has 0 aromatic carbocycles. The lowest BCUT2D eigenvalue weighted by atomic mass is 9.60. The monoisotopic (exact) mass is 358 g/mol. The lowest BCUT2D eigenvalue weighted by molar-refractivity contribution is -0.136. The van der Waals surface area contributed by atoms with E-state index in [9.17, 15) is 9.59 Å². The van der Waals surface area contributed by atoms with Gasteiger partial charge >= 0.3 is 0 Å². The van der Waals surface area contributed by atoms with E-state index in [4.69, 9.17) is 5.21 Å². The normalized spacial score (nSPS) is 28.4. The van der Waals surface area contributed by atoms with Gasteiger partial charge in [-0.25, -0.2) is 5.48 Å². The average Bonchev–Trinajstić information content (AvgIpc) is 2.64. The molecule has 0 unspecified atom stereocenters. The lowest BCUT2D eigenvalue weighted by Crippen LogP contribution is -2.58. The highest BCUT2D eigenvalue weighted by atomic mass is 16.5. The van der Waals surface area contributed by atoms with Crippen LogP contribution in [0.25, 0.3) is 0 Å². The first kappa shape index (κ1) is 17.4. The van der Waals surface area contributed by atoms with Crippen molar-refractivity contribution >= 4 is 11.8 Å². The minimum atomic E-state index is -0.518. The molecule has 0 bridgehead atoms. The van der Waals surface area contributed by atoms with Crippen molar-refractivity contribution in [3.05, 3.63) is 29.1 Å². The van der Waals surface area contributed by atoms with Crippen molar-refractivity contribution in [1.29, 1.82) is 0 Å². The van der Waals surface area contributed by atoms with E-state index in [1.165, 1.54) is 12.6 Å². The highest BCUT2D eigenvalue weighted by Gasteiger charge is 2.49. The molecule has 1 saturated carbocycles. The number of amides is 2. The molecular formula is C19H26N4O3. The van der Waals surface area contributed by atoms with E-state index in [1.807, 2.05) is 11.0 Å². The summed E-state index contributed by atoms with van der Waals surface area (Å²) in [6.45, 7) is 5.28. The molecule has 26 heavy (non-hydrogen) atoms. The van der Waals surface area contributed by atoms with Crippen molar-refractivity contribution in [2.75, 3.05) is 19.6 Å². The zero-order valence-electron chi connectivity index (χ0n) is 15.2. The van der Waals surface area contributed by atoms with Crippen LogP contribution >= 0.6 is 0 Å². The van der Waals surface area contributed by atoms with Crippen LogP contribution in [0.4, 0.5) is 0 Å². The topological polar surface area (TPSA) is 85.8 Å². The van der Waals surface area contributed by atoms with Gasteiger partial charge in [0.1, 0.15) is 0 Å². The van der Waals surface area contributed by atoms with Crippen LogP contribution in [-0.2, 0) is 17.8 Å². The Bertz CT molecular complexity index is 729. The Hall–Kier alpha value is -1.99. The summed E-state index contributed by atoms with van der Waals surface area (Å²) >= 11 is 0. The summed E-state index contributed by atoms with van der Waals surface area (Å²) in [5, 5.41) is 8.76. The minimum absolute atomic E-state index is 0.200. The van der Waals surface area contributed by atoms with Gasteiger partial charge in [-0.2, -0.15) is 0 Å². The largest absolute Gasteiger partial charge is 0.342 e. The fourth-order valence-electron chi connectivity index (χ4n) is 4.94. The smallest absolute Gasteiger partial charge is 0.276 e. The number of hydrogen-bond acceptors (Lipinski definition) is 5. The van der Waals surface area contributed by atoms with Gasteiger partial charge in [0.25, 0.3) is 5.91 Å². The minimum Gasteiger partial charge on any atom is -0.342 e. The molecule has 2 amide bonds. The number of nitrogens with zero attached hydrogens (tertiary/aromatic N) is 3. The number of aromatic nitrogens is 1. The van der Waals surface area contributed by atoms with Gasteiger partial charge in [0.15, 0.2) is 0 Å². The first-order chi connectivity index (χ1) is 12.5. The molecule has 1 saturated heterocycles. The van der Waals surface area contributed by atoms with E-state index in [1.54, 1.807) is 12.4 Å². The van der Waals surface area contributed by atoms with Gasteiger partial charge < -0.3 is 4.90 Å². The molecule has 7 heteroatoms. The number of pyridine rings is 1. The van der Waals surface area contributed by atoms with Gasteiger partial charge in [0.05, 0.1) is 11.3 Å². The molecule has 1 aromatic heterocycles. The molecule has 1 spiro atoms. The fraction of sp³-hybridized carbons (Fsp3) is 0.632. The maximum atomic E-state index is 11.7. The Morgan fingerprint density at radius 1 is 1.35 bits per heavy atom. The van der Waals surface area contributed by atoms with Crippen LogP contribution in [0.15, 0.2) is 12.3 Å². The van der Waals surface area contributed by atoms with E-state index < -0.39 is 5.91 Å². The number of hydrogen-bond donors (Lipinski definition) is 2. The summed E-state index contributed by atoms with van der Waals surface area (Å²) in [7, 11) is 0. The Morgan fingerprint density at radius 3 is 2.88 bits per heavy atom. The SMILES string of the molecule is CC(=O)N1CCC[C@]2(C1)C[C@H](N1CCc3cc(C(=O)NO)cnc3C1)C2. The van der Waals surface area contributed by atoms with Crippen molar-refractivity contribution in [3.63, 3.8) is 0 Å². The summed E-state index contributed by atoms with van der Waals surface area (Å²) in [6, 6.07) is 2.40. The number of rotatable bonds is 2. The van der Waals surface area contributed by atoms with Gasteiger partial charge in [-0.3, -0.25) is 24.7 Å². The molecule has 2 fully saturated rings. The van der Waals surface area contributed by atoms with Crippen LogP contribution in [-0.4, -0.2) is 57.5 Å². The van der Waals surface area contributed by atoms with Gasteiger partial charge in [0.2, 0.25) is 5.91 Å². The number of carbonyl (C=O) groups is 2. The number of carbonyl (C=O) groups excluding carboxylic acids is 2. The number of hydroxylamine groups is 1. The van der Waals surface area contributed by atoms with E-state index >= 15 is 0 Å². The molecule has 140 valence electrons. The first-order valence-electron chi connectivity index (χ1n) is 9.41. The Balaban J connectivity index is 1.38. The number of piperidine rings is 1.